The predicted molar refractivity (Wildman–Crippen MR) is 88.1 cm³/mol. The third-order valence-corrected chi connectivity index (χ3v) is 3.76. The smallest absolute Gasteiger partial charge is 0.153 e. The normalized spacial score (nSPS) is 10.6. The number of hydrogen-bond acceptors (Lipinski definition) is 3. The zero-order chi connectivity index (χ0) is 14.8. The van der Waals surface area contributed by atoms with E-state index in [1.807, 2.05) is 48.5 Å². The van der Waals surface area contributed by atoms with Crippen LogP contribution in [0.4, 0.5) is 5.82 Å². The van der Waals surface area contributed by atoms with Crippen molar-refractivity contribution in [1.82, 2.24) is 10.2 Å². The molecule has 0 atom stereocenters. The highest BCUT2D eigenvalue weighted by Gasteiger charge is 2.15. The van der Waals surface area contributed by atoms with Crippen LogP contribution in [-0.2, 0) is 0 Å². The molecule has 3 aromatic rings. The molecule has 0 aliphatic rings. The van der Waals surface area contributed by atoms with Crippen molar-refractivity contribution in [2.75, 3.05) is 12.8 Å². The van der Waals surface area contributed by atoms with Gasteiger partial charge in [0.15, 0.2) is 5.82 Å². The Morgan fingerprint density at radius 1 is 1.10 bits per heavy atom. The summed E-state index contributed by atoms with van der Waals surface area (Å²) in [5.74, 6) is 1.26. The van der Waals surface area contributed by atoms with E-state index in [-0.39, 0.29) is 0 Å². The summed E-state index contributed by atoms with van der Waals surface area (Å²) in [6, 6.07) is 15.8. The first kappa shape index (κ1) is 13.7. The van der Waals surface area contributed by atoms with Gasteiger partial charge in [-0.05, 0) is 29.8 Å². The quantitative estimate of drug-likeness (QED) is 0.752. The maximum Gasteiger partial charge on any atom is 0.153 e. The summed E-state index contributed by atoms with van der Waals surface area (Å²) in [6.07, 6.45) is 0. The lowest BCUT2D eigenvalue weighted by Crippen LogP contribution is -1.90. The Hall–Kier alpha value is -2.27. The lowest BCUT2D eigenvalue weighted by molar-refractivity contribution is 0.415. The summed E-state index contributed by atoms with van der Waals surface area (Å²) < 4.78 is 6.28. The SMILES string of the molecule is COc1cccc(-c2c(N)n[nH]c2-c2cccc(Br)c2)c1. The van der Waals surface area contributed by atoms with E-state index in [9.17, 15) is 0 Å². The van der Waals surface area contributed by atoms with Crippen molar-refractivity contribution in [3.63, 3.8) is 0 Å². The molecule has 3 N–H and O–H groups in total. The number of nitrogens with one attached hydrogen (secondary N) is 1. The van der Waals surface area contributed by atoms with E-state index in [1.54, 1.807) is 7.11 Å². The Labute approximate surface area is 131 Å². The Morgan fingerprint density at radius 3 is 2.62 bits per heavy atom. The van der Waals surface area contributed by atoms with Gasteiger partial charge < -0.3 is 10.5 Å². The lowest BCUT2D eigenvalue weighted by Gasteiger charge is -2.07. The topological polar surface area (TPSA) is 63.9 Å². The molecule has 2 aromatic carbocycles. The van der Waals surface area contributed by atoms with E-state index in [2.05, 4.69) is 26.1 Å². The standard InChI is InChI=1S/C16H14BrN3O/c1-21-13-7-3-4-10(9-13)14-15(19-20-16(14)18)11-5-2-6-12(17)8-11/h2-9H,1H3,(H3,18,19,20). The van der Waals surface area contributed by atoms with Gasteiger partial charge in [0.25, 0.3) is 0 Å². The first-order valence-corrected chi connectivity index (χ1v) is 7.22. The molecule has 0 fully saturated rings. The first-order valence-electron chi connectivity index (χ1n) is 6.43. The van der Waals surface area contributed by atoms with Crippen LogP contribution in [0.25, 0.3) is 22.4 Å². The second kappa shape index (κ2) is 5.61. The zero-order valence-electron chi connectivity index (χ0n) is 11.4. The predicted octanol–water partition coefficient (Wildman–Crippen LogP) is 4.10. The molecule has 0 amide bonds. The van der Waals surface area contributed by atoms with E-state index >= 15 is 0 Å². The Bertz CT molecular complexity index is 783. The largest absolute Gasteiger partial charge is 0.497 e. The van der Waals surface area contributed by atoms with Crippen molar-refractivity contribution in [3.05, 3.63) is 53.0 Å². The van der Waals surface area contributed by atoms with Gasteiger partial charge in [-0.25, -0.2) is 0 Å². The van der Waals surface area contributed by atoms with Crippen LogP contribution >= 0.6 is 15.9 Å². The van der Waals surface area contributed by atoms with E-state index in [0.717, 1.165) is 32.6 Å². The molecule has 1 aromatic heterocycles. The van der Waals surface area contributed by atoms with Gasteiger partial charge in [-0.1, -0.05) is 40.2 Å². The molecule has 0 radical (unpaired) electrons. The first-order chi connectivity index (χ1) is 10.2. The van der Waals surface area contributed by atoms with E-state index in [1.165, 1.54) is 0 Å². The fourth-order valence-corrected chi connectivity index (χ4v) is 2.68. The van der Waals surface area contributed by atoms with E-state index in [0.29, 0.717) is 5.82 Å². The summed E-state index contributed by atoms with van der Waals surface area (Å²) in [5.41, 5.74) is 9.81. The van der Waals surface area contributed by atoms with Gasteiger partial charge in [-0.15, -0.1) is 0 Å². The van der Waals surface area contributed by atoms with Crippen molar-refractivity contribution in [1.29, 1.82) is 0 Å². The average Bonchev–Trinajstić information content (AvgIpc) is 2.89. The van der Waals surface area contributed by atoms with Gasteiger partial charge in [0.1, 0.15) is 5.75 Å². The highest BCUT2D eigenvalue weighted by Crippen LogP contribution is 2.36. The maximum atomic E-state index is 6.05. The van der Waals surface area contributed by atoms with Crippen molar-refractivity contribution in [2.24, 2.45) is 0 Å². The van der Waals surface area contributed by atoms with Crippen LogP contribution in [-0.4, -0.2) is 17.3 Å². The minimum atomic E-state index is 0.471. The maximum absolute atomic E-state index is 6.05. The van der Waals surface area contributed by atoms with Crippen LogP contribution in [0.5, 0.6) is 5.75 Å². The van der Waals surface area contributed by atoms with Gasteiger partial charge in [-0.2, -0.15) is 5.10 Å². The molecule has 0 spiro atoms. The highest BCUT2D eigenvalue weighted by molar-refractivity contribution is 9.10. The van der Waals surface area contributed by atoms with Gasteiger partial charge >= 0.3 is 0 Å². The molecule has 0 saturated heterocycles. The number of halogens is 1. The average molecular weight is 344 g/mol. The molecule has 4 nitrogen and oxygen atoms in total. The van der Waals surface area contributed by atoms with Crippen molar-refractivity contribution >= 4 is 21.7 Å². The van der Waals surface area contributed by atoms with Gasteiger partial charge in [0.2, 0.25) is 0 Å². The third-order valence-electron chi connectivity index (χ3n) is 3.27. The highest BCUT2D eigenvalue weighted by atomic mass is 79.9. The molecule has 0 bridgehead atoms. The van der Waals surface area contributed by atoms with Gasteiger partial charge in [-0.3, -0.25) is 5.10 Å². The molecule has 21 heavy (non-hydrogen) atoms. The van der Waals surface area contributed by atoms with E-state index in [4.69, 9.17) is 10.5 Å². The zero-order valence-corrected chi connectivity index (χ0v) is 13.0. The van der Waals surface area contributed by atoms with Crippen LogP contribution in [0.15, 0.2) is 53.0 Å². The second-order valence-electron chi connectivity index (χ2n) is 4.60. The van der Waals surface area contributed by atoms with Crippen molar-refractivity contribution < 1.29 is 4.74 Å². The second-order valence-corrected chi connectivity index (χ2v) is 5.52. The fraction of sp³-hybridized carbons (Fsp3) is 0.0625. The van der Waals surface area contributed by atoms with E-state index < -0.39 is 0 Å². The van der Waals surface area contributed by atoms with Crippen LogP contribution in [0, 0.1) is 0 Å². The molecule has 0 aliphatic carbocycles. The molecule has 3 rings (SSSR count). The summed E-state index contributed by atoms with van der Waals surface area (Å²) in [7, 11) is 1.65. The number of benzene rings is 2. The molecule has 0 saturated carbocycles. The number of aromatic nitrogens is 2. The Kier molecular flexibility index (Phi) is 3.66. The molecule has 0 unspecified atom stereocenters. The molecule has 0 aliphatic heterocycles. The minimum absolute atomic E-state index is 0.471. The molecule has 5 heteroatoms. The number of aromatic amines is 1. The summed E-state index contributed by atoms with van der Waals surface area (Å²) >= 11 is 3.48. The van der Waals surface area contributed by atoms with Crippen LogP contribution in [0.3, 0.4) is 0 Å². The Morgan fingerprint density at radius 2 is 1.86 bits per heavy atom. The minimum Gasteiger partial charge on any atom is -0.497 e. The lowest BCUT2D eigenvalue weighted by atomic mass is 10.0. The number of nitrogen functional groups attached to an aromatic ring is 1. The number of nitrogens with zero attached hydrogens (tertiary/aromatic N) is 1. The Balaban J connectivity index is 2.17. The third kappa shape index (κ3) is 2.64. The molecule has 106 valence electrons. The van der Waals surface area contributed by atoms with Crippen LogP contribution in [0.2, 0.25) is 0 Å². The number of ether oxygens (including phenoxy) is 1. The monoisotopic (exact) mass is 343 g/mol. The van der Waals surface area contributed by atoms with Crippen LogP contribution < -0.4 is 10.5 Å². The number of methoxy groups -OCH3 is 1. The molecular weight excluding hydrogens is 330 g/mol. The number of H-pyrrole nitrogens is 1. The van der Waals surface area contributed by atoms with Crippen molar-refractivity contribution in [3.8, 4) is 28.1 Å². The summed E-state index contributed by atoms with van der Waals surface area (Å²) in [4.78, 5) is 0. The van der Waals surface area contributed by atoms with Crippen LogP contribution in [0.1, 0.15) is 0 Å². The number of rotatable bonds is 3. The molecular formula is C16H14BrN3O. The molecule has 1 heterocycles. The summed E-state index contributed by atoms with van der Waals surface area (Å²) in [5, 5.41) is 7.17. The van der Waals surface area contributed by atoms with Crippen molar-refractivity contribution in [2.45, 2.75) is 0 Å². The summed E-state index contributed by atoms with van der Waals surface area (Å²) in [6.45, 7) is 0. The fourth-order valence-electron chi connectivity index (χ4n) is 2.28. The van der Waals surface area contributed by atoms with Gasteiger partial charge in [0.05, 0.1) is 18.4 Å². The number of anilines is 1. The number of hydrogen-bond donors (Lipinski definition) is 2. The van der Waals surface area contributed by atoms with Gasteiger partial charge in [0, 0.05) is 10.0 Å². The number of nitrogens with two attached hydrogens (primary N) is 1.